The zero-order valence-electron chi connectivity index (χ0n) is 15.9. The molecule has 2 aromatic heterocycles. The van der Waals surface area contributed by atoms with E-state index in [0.717, 1.165) is 28.8 Å². The van der Waals surface area contributed by atoms with Crippen LogP contribution in [0.15, 0.2) is 52.3 Å². The largest absolute Gasteiger partial charge is 0.292 e. The molecule has 148 valence electrons. The molecule has 2 heterocycles. The fourth-order valence-corrected chi connectivity index (χ4v) is 4.67. The molecule has 4 rings (SSSR count). The van der Waals surface area contributed by atoms with Gasteiger partial charge >= 0.3 is 0 Å². The molecule has 5 nitrogen and oxygen atoms in total. The van der Waals surface area contributed by atoms with Crippen molar-refractivity contribution in [3.05, 3.63) is 74.1 Å². The third-order valence-corrected chi connectivity index (χ3v) is 5.90. The summed E-state index contributed by atoms with van der Waals surface area (Å²) >= 11 is 13.6. The van der Waals surface area contributed by atoms with Crippen LogP contribution in [0.3, 0.4) is 0 Å². The summed E-state index contributed by atoms with van der Waals surface area (Å²) in [5.41, 5.74) is 3.31. The molecule has 8 heteroatoms. The predicted octanol–water partition coefficient (Wildman–Crippen LogP) is 6.18. The number of hydrogen-bond acceptors (Lipinski definition) is 4. The van der Waals surface area contributed by atoms with Gasteiger partial charge in [-0.05, 0) is 43.7 Å². The van der Waals surface area contributed by atoms with Crippen molar-refractivity contribution < 1.29 is 0 Å². The second-order valence-electron chi connectivity index (χ2n) is 6.64. The molecule has 0 atom stereocenters. The smallest absolute Gasteiger partial charge is 0.282 e. The van der Waals surface area contributed by atoms with Gasteiger partial charge in [-0.15, -0.1) is 0 Å². The molecule has 0 radical (unpaired) electrons. The summed E-state index contributed by atoms with van der Waals surface area (Å²) < 4.78 is 2.54. The van der Waals surface area contributed by atoms with E-state index < -0.39 is 0 Å². The van der Waals surface area contributed by atoms with Gasteiger partial charge in [-0.25, -0.2) is 4.98 Å². The summed E-state index contributed by atoms with van der Waals surface area (Å²) in [7, 11) is 0. The maximum absolute atomic E-state index is 13.3. The monoisotopic (exact) mass is 444 g/mol. The van der Waals surface area contributed by atoms with Gasteiger partial charge in [0.2, 0.25) is 5.13 Å². The van der Waals surface area contributed by atoms with Crippen LogP contribution < -0.4 is 5.56 Å². The van der Waals surface area contributed by atoms with Crippen LogP contribution in [-0.2, 0) is 6.42 Å². The second kappa shape index (κ2) is 8.14. The van der Waals surface area contributed by atoms with Gasteiger partial charge in [0.15, 0.2) is 0 Å². The highest BCUT2D eigenvalue weighted by Gasteiger charge is 2.19. The Labute approximate surface area is 181 Å². The molecule has 0 aliphatic carbocycles. The van der Waals surface area contributed by atoms with E-state index in [0.29, 0.717) is 32.1 Å². The van der Waals surface area contributed by atoms with E-state index in [1.54, 1.807) is 18.2 Å². The number of halogens is 2. The molecular formula is C21H18Cl2N4OS. The predicted molar refractivity (Wildman–Crippen MR) is 122 cm³/mol. The van der Waals surface area contributed by atoms with Crippen molar-refractivity contribution in [3.8, 4) is 5.13 Å². The minimum absolute atomic E-state index is 0.165. The third-order valence-electron chi connectivity index (χ3n) is 4.45. The standard InChI is InChI=1S/C21H18Cl2N4OS/c1-3-6-17-19(12(2)24-15-10-13(22)9-14(23)11-15)20(28)27(26-17)21-25-16-7-4-5-8-18(16)29-21/h4-5,7-11,26H,3,6H2,1-2H3. The summed E-state index contributed by atoms with van der Waals surface area (Å²) in [6.07, 6.45) is 1.62. The Morgan fingerprint density at radius 3 is 2.62 bits per heavy atom. The van der Waals surface area contributed by atoms with Crippen molar-refractivity contribution in [2.45, 2.75) is 26.7 Å². The highest BCUT2D eigenvalue weighted by molar-refractivity contribution is 7.20. The first-order chi connectivity index (χ1) is 14.0. The maximum Gasteiger partial charge on any atom is 0.282 e. The quantitative estimate of drug-likeness (QED) is 0.373. The molecule has 0 unspecified atom stereocenters. The highest BCUT2D eigenvalue weighted by Crippen LogP contribution is 2.26. The van der Waals surface area contributed by atoms with Gasteiger partial charge in [0, 0.05) is 15.7 Å². The molecule has 0 spiro atoms. The lowest BCUT2D eigenvalue weighted by Crippen LogP contribution is -2.19. The number of nitrogens with zero attached hydrogens (tertiary/aromatic N) is 3. The van der Waals surface area contributed by atoms with Gasteiger partial charge < -0.3 is 0 Å². The number of aromatic nitrogens is 3. The summed E-state index contributed by atoms with van der Waals surface area (Å²) in [5, 5.41) is 4.84. The van der Waals surface area contributed by atoms with E-state index in [1.165, 1.54) is 16.0 Å². The third kappa shape index (κ3) is 4.01. The number of rotatable bonds is 5. The van der Waals surface area contributed by atoms with Crippen molar-refractivity contribution >= 4 is 56.2 Å². The normalized spacial score (nSPS) is 12.1. The molecule has 29 heavy (non-hydrogen) atoms. The summed E-state index contributed by atoms with van der Waals surface area (Å²) in [6, 6.07) is 12.9. The number of aryl methyl sites for hydroxylation is 1. The first-order valence-corrected chi connectivity index (χ1v) is 10.7. The van der Waals surface area contributed by atoms with Crippen molar-refractivity contribution in [3.63, 3.8) is 0 Å². The van der Waals surface area contributed by atoms with Gasteiger partial charge in [0.25, 0.3) is 5.56 Å². The van der Waals surface area contributed by atoms with Crippen LogP contribution in [0.1, 0.15) is 31.5 Å². The van der Waals surface area contributed by atoms with Crippen molar-refractivity contribution in [2.24, 2.45) is 4.99 Å². The van der Waals surface area contributed by atoms with Gasteiger partial charge in [-0.1, -0.05) is 60.0 Å². The van der Waals surface area contributed by atoms with Crippen LogP contribution in [-0.4, -0.2) is 20.5 Å². The van der Waals surface area contributed by atoms with Crippen LogP contribution in [0.2, 0.25) is 10.0 Å². The molecule has 4 aromatic rings. The molecule has 1 N–H and O–H groups in total. The van der Waals surface area contributed by atoms with Crippen LogP contribution >= 0.6 is 34.5 Å². The van der Waals surface area contributed by atoms with Crippen LogP contribution in [0, 0.1) is 0 Å². The Hall–Kier alpha value is -2.41. The van der Waals surface area contributed by atoms with E-state index >= 15 is 0 Å². The molecule has 0 fully saturated rings. The summed E-state index contributed by atoms with van der Waals surface area (Å²) in [6.45, 7) is 3.89. The molecule has 0 aliphatic rings. The minimum atomic E-state index is -0.165. The second-order valence-corrected chi connectivity index (χ2v) is 8.53. The number of thiazole rings is 1. The van der Waals surface area contributed by atoms with Crippen LogP contribution in [0.4, 0.5) is 5.69 Å². The lowest BCUT2D eigenvalue weighted by Gasteiger charge is -2.02. The molecule has 0 saturated carbocycles. The van der Waals surface area contributed by atoms with E-state index in [1.807, 2.05) is 31.2 Å². The van der Waals surface area contributed by atoms with E-state index in [-0.39, 0.29) is 5.56 Å². The lowest BCUT2D eigenvalue weighted by atomic mass is 10.1. The van der Waals surface area contributed by atoms with Crippen molar-refractivity contribution in [2.75, 3.05) is 0 Å². The molecule has 0 saturated heterocycles. The Morgan fingerprint density at radius 1 is 1.21 bits per heavy atom. The van der Waals surface area contributed by atoms with Gasteiger partial charge in [0.05, 0.1) is 27.2 Å². The Bertz CT molecular complexity index is 1230. The van der Waals surface area contributed by atoms with Crippen LogP contribution in [0.25, 0.3) is 15.3 Å². The average molecular weight is 445 g/mol. The van der Waals surface area contributed by atoms with E-state index in [9.17, 15) is 4.79 Å². The minimum Gasteiger partial charge on any atom is -0.292 e. The average Bonchev–Trinajstić information content (AvgIpc) is 3.22. The zero-order valence-corrected chi connectivity index (χ0v) is 18.2. The molecule has 2 aromatic carbocycles. The highest BCUT2D eigenvalue weighted by atomic mass is 35.5. The lowest BCUT2D eigenvalue weighted by molar-refractivity contribution is 0.790. The fraction of sp³-hybridized carbons (Fsp3) is 0.190. The van der Waals surface area contributed by atoms with Crippen molar-refractivity contribution in [1.82, 2.24) is 14.8 Å². The Balaban J connectivity index is 1.84. The first-order valence-electron chi connectivity index (χ1n) is 9.18. The maximum atomic E-state index is 13.3. The number of aromatic amines is 1. The number of hydrogen-bond donors (Lipinski definition) is 1. The number of fused-ring (bicyclic) bond motifs is 1. The zero-order chi connectivity index (χ0) is 20.5. The number of benzene rings is 2. The summed E-state index contributed by atoms with van der Waals surface area (Å²) in [5.74, 6) is 0. The van der Waals surface area contributed by atoms with E-state index in [2.05, 4.69) is 22.0 Å². The fourth-order valence-electron chi connectivity index (χ4n) is 3.23. The molecular weight excluding hydrogens is 427 g/mol. The van der Waals surface area contributed by atoms with Crippen LogP contribution in [0.5, 0.6) is 0 Å². The molecule has 0 amide bonds. The van der Waals surface area contributed by atoms with Crippen molar-refractivity contribution in [1.29, 1.82) is 0 Å². The number of para-hydroxylation sites is 1. The topological polar surface area (TPSA) is 63.0 Å². The number of aliphatic imine (C=N–C) groups is 1. The Morgan fingerprint density at radius 2 is 1.93 bits per heavy atom. The molecule has 0 aliphatic heterocycles. The molecule has 0 bridgehead atoms. The first kappa shape index (κ1) is 19.9. The van der Waals surface area contributed by atoms with Gasteiger partial charge in [-0.3, -0.25) is 14.9 Å². The summed E-state index contributed by atoms with van der Waals surface area (Å²) in [4.78, 5) is 22.5. The van der Waals surface area contributed by atoms with E-state index in [4.69, 9.17) is 23.2 Å². The Kier molecular flexibility index (Phi) is 5.58. The van der Waals surface area contributed by atoms with Gasteiger partial charge in [0.1, 0.15) is 0 Å². The van der Waals surface area contributed by atoms with Gasteiger partial charge in [-0.2, -0.15) is 4.68 Å². The number of H-pyrrole nitrogens is 1. The SMILES string of the molecule is CCCc1[nH]n(-c2nc3ccccc3s2)c(=O)c1C(C)=Nc1cc(Cl)cc(Cl)c1. The number of nitrogens with one attached hydrogen (secondary N) is 1.